The van der Waals surface area contributed by atoms with Crippen LogP contribution in [0.3, 0.4) is 0 Å². The Kier molecular flexibility index (Phi) is 9.55. The zero-order valence-electron chi connectivity index (χ0n) is 22.9. The highest BCUT2D eigenvalue weighted by molar-refractivity contribution is 7.92. The Labute approximate surface area is 242 Å². The normalized spacial score (nSPS) is 14.8. The van der Waals surface area contributed by atoms with E-state index in [-0.39, 0.29) is 23.2 Å². The highest BCUT2D eigenvalue weighted by Gasteiger charge is 2.35. The van der Waals surface area contributed by atoms with Gasteiger partial charge in [-0.1, -0.05) is 49.2 Å². The summed E-state index contributed by atoms with van der Waals surface area (Å²) in [4.78, 5) is 28.0. The van der Waals surface area contributed by atoms with Crippen LogP contribution in [-0.2, 0) is 32.3 Å². The van der Waals surface area contributed by atoms with E-state index in [1.807, 2.05) is 0 Å². The standard InChI is InChI=1S/C30H31F4N3O4S/c1-21(29(39)35-25-9-5-6-10-25)36(19-22-14-16-24(31)17-15-22)28(38)20-37(42(40,41)27-12-3-2-4-13-27)26-11-7-8-23(18-26)30(32,33)34/h2-4,7-8,11-18,21,25H,5-6,9-10,19-20H2,1H3,(H,35,39)/t21-/m0/s1. The first-order chi connectivity index (χ1) is 19.9. The minimum Gasteiger partial charge on any atom is -0.352 e. The Morgan fingerprint density at radius 3 is 2.21 bits per heavy atom. The van der Waals surface area contributed by atoms with Crippen molar-refractivity contribution in [1.29, 1.82) is 0 Å². The molecule has 224 valence electrons. The summed E-state index contributed by atoms with van der Waals surface area (Å²) in [5, 5.41) is 2.92. The first-order valence-corrected chi connectivity index (χ1v) is 14.9. The smallest absolute Gasteiger partial charge is 0.352 e. The number of halogens is 4. The summed E-state index contributed by atoms with van der Waals surface area (Å²) < 4.78 is 82.3. The van der Waals surface area contributed by atoms with Crippen LogP contribution in [0.4, 0.5) is 23.2 Å². The van der Waals surface area contributed by atoms with Crippen molar-refractivity contribution in [3.63, 3.8) is 0 Å². The molecule has 0 unspecified atom stereocenters. The molecule has 3 aromatic carbocycles. The van der Waals surface area contributed by atoms with Crippen molar-refractivity contribution in [2.75, 3.05) is 10.8 Å². The quantitative estimate of drug-likeness (QED) is 0.309. The number of sulfonamides is 1. The predicted molar refractivity (Wildman–Crippen MR) is 149 cm³/mol. The number of nitrogens with zero attached hydrogens (tertiary/aromatic N) is 2. The Morgan fingerprint density at radius 2 is 1.60 bits per heavy atom. The molecule has 1 N–H and O–H groups in total. The molecule has 0 aromatic heterocycles. The fraction of sp³-hybridized carbons (Fsp3) is 0.333. The average molecular weight is 606 g/mol. The molecule has 1 atom stereocenters. The lowest BCUT2D eigenvalue weighted by Crippen LogP contribution is -2.52. The van der Waals surface area contributed by atoms with Crippen LogP contribution in [0.1, 0.15) is 43.7 Å². The molecule has 0 heterocycles. The lowest BCUT2D eigenvalue weighted by atomic mass is 10.1. The number of carbonyl (C=O) groups is 2. The Balaban J connectivity index is 1.72. The molecule has 12 heteroatoms. The van der Waals surface area contributed by atoms with Gasteiger partial charge in [0, 0.05) is 12.6 Å². The van der Waals surface area contributed by atoms with E-state index in [4.69, 9.17) is 0 Å². The number of carbonyl (C=O) groups excluding carboxylic acids is 2. The molecular weight excluding hydrogens is 574 g/mol. The van der Waals surface area contributed by atoms with Gasteiger partial charge in [0.25, 0.3) is 10.0 Å². The molecule has 3 aromatic rings. The van der Waals surface area contributed by atoms with Crippen LogP contribution >= 0.6 is 0 Å². The van der Waals surface area contributed by atoms with Crippen LogP contribution in [-0.4, -0.2) is 43.8 Å². The first-order valence-electron chi connectivity index (χ1n) is 13.5. The molecule has 1 fully saturated rings. The highest BCUT2D eigenvalue weighted by atomic mass is 32.2. The third-order valence-electron chi connectivity index (χ3n) is 7.21. The lowest BCUT2D eigenvalue weighted by Gasteiger charge is -2.32. The van der Waals surface area contributed by atoms with Crippen LogP contribution in [0.2, 0.25) is 0 Å². The van der Waals surface area contributed by atoms with Crippen LogP contribution in [0.15, 0.2) is 83.8 Å². The number of anilines is 1. The zero-order chi connectivity index (χ0) is 30.5. The van der Waals surface area contributed by atoms with Crippen molar-refractivity contribution in [2.45, 2.75) is 62.3 Å². The zero-order valence-corrected chi connectivity index (χ0v) is 23.7. The van der Waals surface area contributed by atoms with Gasteiger partial charge in [0.1, 0.15) is 18.4 Å². The van der Waals surface area contributed by atoms with Crippen molar-refractivity contribution in [3.05, 3.63) is 95.8 Å². The molecule has 1 aliphatic rings. The van der Waals surface area contributed by atoms with Crippen molar-refractivity contribution in [1.82, 2.24) is 10.2 Å². The van der Waals surface area contributed by atoms with Gasteiger partial charge in [0.15, 0.2) is 0 Å². The number of amides is 2. The summed E-state index contributed by atoms with van der Waals surface area (Å²) in [5.41, 5.74) is -0.984. The molecule has 7 nitrogen and oxygen atoms in total. The number of alkyl halides is 3. The molecule has 0 bridgehead atoms. The maximum Gasteiger partial charge on any atom is 0.416 e. The van der Waals surface area contributed by atoms with E-state index >= 15 is 0 Å². The molecule has 42 heavy (non-hydrogen) atoms. The molecule has 1 saturated carbocycles. The van der Waals surface area contributed by atoms with Gasteiger partial charge in [0.2, 0.25) is 11.8 Å². The summed E-state index contributed by atoms with van der Waals surface area (Å²) in [5.74, 6) is -1.78. The summed E-state index contributed by atoms with van der Waals surface area (Å²) in [7, 11) is -4.52. The van der Waals surface area contributed by atoms with Gasteiger partial charge in [-0.25, -0.2) is 12.8 Å². The average Bonchev–Trinajstić information content (AvgIpc) is 3.48. The van der Waals surface area contributed by atoms with Crippen molar-refractivity contribution < 1.29 is 35.6 Å². The number of hydrogen-bond donors (Lipinski definition) is 1. The number of benzene rings is 3. The van der Waals surface area contributed by atoms with Crippen LogP contribution in [0.5, 0.6) is 0 Å². The summed E-state index contributed by atoms with van der Waals surface area (Å²) in [6.07, 6.45) is -1.25. The second-order valence-corrected chi connectivity index (χ2v) is 12.0. The molecular formula is C30H31F4N3O4S. The molecule has 0 saturated heterocycles. The monoisotopic (exact) mass is 605 g/mol. The summed E-state index contributed by atoms with van der Waals surface area (Å²) in [6, 6.07) is 14.9. The predicted octanol–water partition coefficient (Wildman–Crippen LogP) is 5.52. The summed E-state index contributed by atoms with van der Waals surface area (Å²) in [6.45, 7) is 0.437. The molecule has 0 spiro atoms. The Bertz CT molecular complexity index is 1490. The van der Waals surface area contributed by atoms with Gasteiger partial charge in [-0.3, -0.25) is 13.9 Å². The molecule has 1 aliphatic carbocycles. The minimum atomic E-state index is -4.76. The van der Waals surface area contributed by atoms with E-state index < -0.39 is 52.0 Å². The van der Waals surface area contributed by atoms with E-state index in [1.54, 1.807) is 6.07 Å². The van der Waals surface area contributed by atoms with Gasteiger partial charge >= 0.3 is 6.18 Å². The van der Waals surface area contributed by atoms with Crippen LogP contribution in [0.25, 0.3) is 0 Å². The Morgan fingerprint density at radius 1 is 0.952 bits per heavy atom. The first kappa shape index (κ1) is 31.0. The summed E-state index contributed by atoms with van der Waals surface area (Å²) >= 11 is 0. The molecule has 4 rings (SSSR count). The van der Waals surface area contributed by atoms with Gasteiger partial charge in [-0.15, -0.1) is 0 Å². The van der Waals surface area contributed by atoms with Gasteiger partial charge in [-0.05, 0) is 67.8 Å². The van der Waals surface area contributed by atoms with Gasteiger partial charge in [0.05, 0.1) is 16.1 Å². The van der Waals surface area contributed by atoms with Gasteiger partial charge < -0.3 is 10.2 Å². The maximum absolute atomic E-state index is 13.9. The highest BCUT2D eigenvalue weighted by Crippen LogP contribution is 2.33. The number of hydrogen-bond acceptors (Lipinski definition) is 4. The second-order valence-electron chi connectivity index (χ2n) is 10.2. The maximum atomic E-state index is 13.9. The molecule has 0 aliphatic heterocycles. The largest absolute Gasteiger partial charge is 0.416 e. The van der Waals surface area contributed by atoms with E-state index in [0.717, 1.165) is 42.7 Å². The number of nitrogens with one attached hydrogen (secondary N) is 1. The van der Waals surface area contributed by atoms with Crippen LogP contribution < -0.4 is 9.62 Å². The SMILES string of the molecule is C[C@@H](C(=O)NC1CCCC1)N(Cc1ccc(F)cc1)C(=O)CN(c1cccc(C(F)(F)F)c1)S(=O)(=O)c1ccccc1. The fourth-order valence-corrected chi connectivity index (χ4v) is 6.27. The van der Waals surface area contributed by atoms with E-state index in [9.17, 15) is 35.6 Å². The number of rotatable bonds is 10. The van der Waals surface area contributed by atoms with Crippen molar-refractivity contribution >= 4 is 27.5 Å². The second kappa shape index (κ2) is 12.9. The van der Waals surface area contributed by atoms with Crippen molar-refractivity contribution in [3.8, 4) is 0 Å². The molecule has 0 radical (unpaired) electrons. The molecule has 2 amide bonds. The fourth-order valence-electron chi connectivity index (χ4n) is 4.85. The van der Waals surface area contributed by atoms with E-state index in [2.05, 4.69) is 5.32 Å². The Hall–Kier alpha value is -3.93. The van der Waals surface area contributed by atoms with Crippen molar-refractivity contribution in [2.24, 2.45) is 0 Å². The lowest BCUT2D eigenvalue weighted by molar-refractivity contribution is -0.139. The third kappa shape index (κ3) is 7.47. The third-order valence-corrected chi connectivity index (χ3v) is 8.99. The van der Waals surface area contributed by atoms with Gasteiger partial charge in [-0.2, -0.15) is 13.2 Å². The topological polar surface area (TPSA) is 86.8 Å². The van der Waals surface area contributed by atoms with Crippen LogP contribution in [0, 0.1) is 5.82 Å². The van der Waals surface area contributed by atoms with E-state index in [0.29, 0.717) is 15.9 Å². The van der Waals surface area contributed by atoms with E-state index in [1.165, 1.54) is 61.5 Å². The minimum absolute atomic E-state index is 0.0530.